The number of thioether (sulfide) groups is 1. The summed E-state index contributed by atoms with van der Waals surface area (Å²) in [6.45, 7) is 2.10. The second-order valence-corrected chi connectivity index (χ2v) is 13.3. The van der Waals surface area contributed by atoms with Gasteiger partial charge in [-0.3, -0.25) is 0 Å². The van der Waals surface area contributed by atoms with E-state index in [0.717, 1.165) is 31.6 Å². The van der Waals surface area contributed by atoms with Crippen LogP contribution in [0.25, 0.3) is 0 Å². The number of nitrogens with one attached hydrogen (secondary N) is 1. The van der Waals surface area contributed by atoms with Crippen LogP contribution in [0.3, 0.4) is 0 Å². The number of hydrogen-bond acceptors (Lipinski definition) is 9. The van der Waals surface area contributed by atoms with E-state index in [0.29, 0.717) is 12.2 Å². The molecule has 1 saturated heterocycles. The first-order chi connectivity index (χ1) is 18.9. The van der Waals surface area contributed by atoms with E-state index >= 15 is 0 Å². The molecule has 0 saturated carbocycles. The van der Waals surface area contributed by atoms with Gasteiger partial charge in [-0.05, 0) is 35.7 Å². The van der Waals surface area contributed by atoms with E-state index in [9.17, 15) is 13.5 Å². The van der Waals surface area contributed by atoms with Gasteiger partial charge in [0.05, 0.1) is 23.7 Å². The van der Waals surface area contributed by atoms with Crippen LogP contribution in [-0.2, 0) is 32.6 Å². The van der Waals surface area contributed by atoms with Crippen molar-refractivity contribution in [3.63, 3.8) is 0 Å². The molecule has 1 aliphatic heterocycles. The van der Waals surface area contributed by atoms with E-state index in [1.54, 1.807) is 53.4 Å². The number of ether oxygens (including phenoxy) is 2. The SMILES string of the molecule is Cc1nnc(SC[C@@H]2C[C@H](c3ccc(CO)cc3)O[C@H](c3ccc(CNS(=O)(=O)c4ccccc4)cc3)O2)s1. The van der Waals surface area contributed by atoms with Gasteiger partial charge in [-0.25, -0.2) is 13.1 Å². The van der Waals surface area contributed by atoms with E-state index in [1.807, 2.05) is 55.5 Å². The third-order valence-electron chi connectivity index (χ3n) is 6.29. The van der Waals surface area contributed by atoms with Crippen LogP contribution in [0.5, 0.6) is 0 Å². The Labute approximate surface area is 236 Å². The Morgan fingerprint density at radius 3 is 2.31 bits per heavy atom. The summed E-state index contributed by atoms with van der Waals surface area (Å²) in [4.78, 5) is 0.233. The molecule has 0 bridgehead atoms. The lowest BCUT2D eigenvalue weighted by Gasteiger charge is -2.36. The molecule has 4 aromatic rings. The van der Waals surface area contributed by atoms with Crippen molar-refractivity contribution in [2.24, 2.45) is 0 Å². The van der Waals surface area contributed by atoms with Crippen molar-refractivity contribution >= 4 is 33.1 Å². The Balaban J connectivity index is 1.28. The fourth-order valence-electron chi connectivity index (χ4n) is 4.18. The van der Waals surface area contributed by atoms with Crippen LogP contribution in [0.2, 0.25) is 0 Å². The van der Waals surface area contributed by atoms with Gasteiger partial charge in [-0.2, -0.15) is 0 Å². The topological polar surface area (TPSA) is 111 Å². The summed E-state index contributed by atoms with van der Waals surface area (Å²) >= 11 is 3.19. The van der Waals surface area contributed by atoms with Crippen LogP contribution in [0.4, 0.5) is 0 Å². The highest BCUT2D eigenvalue weighted by Crippen LogP contribution is 2.39. The van der Waals surface area contributed by atoms with E-state index in [2.05, 4.69) is 14.9 Å². The number of sulfonamides is 1. The maximum absolute atomic E-state index is 12.6. The third kappa shape index (κ3) is 7.31. The highest BCUT2D eigenvalue weighted by atomic mass is 32.2. The van der Waals surface area contributed by atoms with E-state index in [-0.39, 0.29) is 30.3 Å². The van der Waals surface area contributed by atoms with E-state index in [4.69, 9.17) is 9.47 Å². The molecular weight excluding hydrogens is 555 g/mol. The van der Waals surface area contributed by atoms with Crippen LogP contribution in [0.15, 0.2) is 88.1 Å². The van der Waals surface area contributed by atoms with E-state index in [1.165, 1.54) is 0 Å². The number of aliphatic hydroxyl groups excluding tert-OH is 1. The van der Waals surface area contributed by atoms with Crippen LogP contribution in [-0.4, -0.2) is 35.6 Å². The lowest BCUT2D eigenvalue weighted by Crippen LogP contribution is -2.31. The number of rotatable bonds is 10. The first-order valence-corrected chi connectivity index (χ1v) is 15.8. The van der Waals surface area contributed by atoms with Gasteiger partial charge in [0, 0.05) is 24.3 Å². The Morgan fingerprint density at radius 1 is 0.949 bits per heavy atom. The number of aliphatic hydroxyl groups is 1. The zero-order valence-electron chi connectivity index (χ0n) is 21.3. The minimum Gasteiger partial charge on any atom is -0.392 e. The first kappa shape index (κ1) is 27.9. The molecule has 1 fully saturated rings. The molecule has 0 spiro atoms. The maximum Gasteiger partial charge on any atom is 0.240 e. The van der Waals surface area contributed by atoms with Gasteiger partial charge in [-0.1, -0.05) is 89.8 Å². The quantitative estimate of drug-likeness (QED) is 0.247. The molecule has 0 amide bonds. The molecule has 5 rings (SSSR count). The third-order valence-corrected chi connectivity index (χ3v) is 9.81. The predicted octanol–water partition coefficient (Wildman–Crippen LogP) is 5.16. The zero-order chi connectivity index (χ0) is 27.2. The van der Waals surface area contributed by atoms with Gasteiger partial charge in [0.1, 0.15) is 5.01 Å². The molecule has 39 heavy (non-hydrogen) atoms. The minimum atomic E-state index is -3.59. The average molecular weight is 584 g/mol. The fourth-order valence-corrected chi connectivity index (χ4v) is 7.08. The summed E-state index contributed by atoms with van der Waals surface area (Å²) in [7, 11) is -3.59. The molecule has 0 unspecified atom stereocenters. The highest BCUT2D eigenvalue weighted by molar-refractivity contribution is 8.01. The summed E-state index contributed by atoms with van der Waals surface area (Å²) in [5.74, 6) is 0.707. The highest BCUT2D eigenvalue weighted by Gasteiger charge is 2.32. The van der Waals surface area contributed by atoms with E-state index < -0.39 is 16.3 Å². The zero-order valence-corrected chi connectivity index (χ0v) is 23.7. The van der Waals surface area contributed by atoms with Crippen molar-refractivity contribution in [2.75, 3.05) is 5.75 Å². The van der Waals surface area contributed by atoms with Crippen LogP contribution in [0, 0.1) is 6.92 Å². The summed E-state index contributed by atoms with van der Waals surface area (Å²) in [6.07, 6.45) is -0.175. The molecule has 2 heterocycles. The van der Waals surface area contributed by atoms with Crippen LogP contribution in [0.1, 0.15) is 46.1 Å². The van der Waals surface area contributed by atoms with Crippen molar-refractivity contribution in [2.45, 2.75) is 54.2 Å². The van der Waals surface area contributed by atoms with Crippen molar-refractivity contribution in [1.29, 1.82) is 0 Å². The van der Waals surface area contributed by atoms with Gasteiger partial charge in [0.25, 0.3) is 0 Å². The minimum absolute atomic E-state index is 0.00801. The smallest absolute Gasteiger partial charge is 0.240 e. The predicted molar refractivity (Wildman–Crippen MR) is 151 cm³/mol. The van der Waals surface area contributed by atoms with Crippen LogP contribution < -0.4 is 4.72 Å². The molecule has 3 atom stereocenters. The Kier molecular flexibility index (Phi) is 9.08. The summed E-state index contributed by atoms with van der Waals surface area (Å²) in [5.41, 5.74) is 3.54. The normalized spacial score (nSPS) is 19.7. The second kappa shape index (κ2) is 12.7. The Morgan fingerprint density at radius 2 is 1.64 bits per heavy atom. The van der Waals surface area contributed by atoms with Crippen molar-refractivity contribution in [1.82, 2.24) is 14.9 Å². The summed E-state index contributed by atoms with van der Waals surface area (Å²) in [6, 6.07) is 23.7. The maximum atomic E-state index is 12.6. The first-order valence-electron chi connectivity index (χ1n) is 12.5. The van der Waals surface area contributed by atoms with Crippen LogP contribution >= 0.6 is 23.1 Å². The molecule has 11 heteroatoms. The number of nitrogens with zero attached hydrogens (tertiary/aromatic N) is 2. The van der Waals surface area contributed by atoms with Crippen molar-refractivity contribution in [3.05, 3.63) is 106 Å². The monoisotopic (exact) mass is 583 g/mol. The molecule has 3 aromatic carbocycles. The summed E-state index contributed by atoms with van der Waals surface area (Å²) < 4.78 is 41.4. The number of hydrogen-bond donors (Lipinski definition) is 2. The molecule has 8 nitrogen and oxygen atoms in total. The standard InChI is InChI=1S/C28H29N3O5S3/c1-19-30-31-28(38-19)37-18-24-15-26(22-11-9-21(17-32)10-12-22)36-27(35-24)23-13-7-20(8-14-23)16-29-39(33,34)25-5-3-2-4-6-25/h2-14,24,26-27,29,32H,15-18H2,1H3/t24-,26+,27+/m0/s1. The number of aryl methyl sites for hydroxylation is 1. The molecule has 0 aliphatic carbocycles. The van der Waals surface area contributed by atoms with Gasteiger partial charge in [0.15, 0.2) is 10.6 Å². The van der Waals surface area contributed by atoms with Gasteiger partial charge in [-0.15, -0.1) is 10.2 Å². The molecule has 1 aromatic heterocycles. The Bertz CT molecular complexity index is 1460. The lowest BCUT2D eigenvalue weighted by atomic mass is 10.0. The Hall–Kier alpha value is -2.64. The number of benzene rings is 3. The number of aromatic nitrogens is 2. The summed E-state index contributed by atoms with van der Waals surface area (Å²) in [5, 5.41) is 18.6. The molecule has 1 aliphatic rings. The van der Waals surface area contributed by atoms with Gasteiger partial charge >= 0.3 is 0 Å². The molecule has 0 radical (unpaired) electrons. The fraction of sp³-hybridized carbons (Fsp3) is 0.286. The largest absolute Gasteiger partial charge is 0.392 e. The lowest BCUT2D eigenvalue weighted by molar-refractivity contribution is -0.245. The molecule has 2 N–H and O–H groups in total. The van der Waals surface area contributed by atoms with Crippen molar-refractivity contribution < 1.29 is 23.0 Å². The van der Waals surface area contributed by atoms with Gasteiger partial charge in [0.2, 0.25) is 10.0 Å². The molecule has 204 valence electrons. The van der Waals surface area contributed by atoms with Gasteiger partial charge < -0.3 is 14.6 Å². The molecular formula is C28H29N3O5S3. The average Bonchev–Trinajstić information content (AvgIpc) is 3.40. The second-order valence-electron chi connectivity index (χ2n) is 9.13. The van der Waals surface area contributed by atoms with Crippen molar-refractivity contribution in [3.8, 4) is 0 Å².